The van der Waals surface area contributed by atoms with Crippen molar-refractivity contribution in [1.29, 1.82) is 0 Å². The third-order valence-corrected chi connectivity index (χ3v) is 2.94. The summed E-state index contributed by atoms with van der Waals surface area (Å²) in [5.74, 6) is -2.13. The average Bonchev–Trinajstić information content (AvgIpc) is 2.41. The summed E-state index contributed by atoms with van der Waals surface area (Å²) >= 11 is 11.6. The van der Waals surface area contributed by atoms with E-state index in [0.717, 1.165) is 7.11 Å². The number of amides is 2. The van der Waals surface area contributed by atoms with E-state index in [0.29, 0.717) is 5.02 Å². The highest BCUT2D eigenvalue weighted by molar-refractivity contribution is 6.35. The van der Waals surface area contributed by atoms with Crippen LogP contribution in [0.4, 0.5) is 10.5 Å². The van der Waals surface area contributed by atoms with Gasteiger partial charge in [0.1, 0.15) is 6.04 Å². The number of halogens is 2. The Bertz CT molecular complexity index is 565. The predicted molar refractivity (Wildman–Crippen MR) is 76.7 cm³/mol. The van der Waals surface area contributed by atoms with Crippen molar-refractivity contribution in [2.24, 2.45) is 0 Å². The zero-order valence-electron chi connectivity index (χ0n) is 10.9. The summed E-state index contributed by atoms with van der Waals surface area (Å²) in [5.41, 5.74) is 0.212. The normalized spacial score (nSPS) is 11.4. The predicted octanol–water partition coefficient (Wildman–Crippen LogP) is 2.13. The van der Waals surface area contributed by atoms with E-state index in [1.165, 1.54) is 18.2 Å². The molecule has 0 fully saturated rings. The van der Waals surface area contributed by atoms with E-state index in [9.17, 15) is 14.4 Å². The Labute approximate surface area is 130 Å². The molecule has 3 N–H and O–H groups in total. The number of rotatable bonds is 5. The SMILES string of the molecule is COC(=O)C[C@H](NC(=O)Nc1cc(Cl)ccc1Cl)C(=O)O. The molecule has 0 spiro atoms. The lowest BCUT2D eigenvalue weighted by molar-refractivity contribution is -0.147. The first-order chi connectivity index (χ1) is 9.83. The monoisotopic (exact) mass is 334 g/mol. The number of carbonyl (C=O) groups excluding carboxylic acids is 2. The molecule has 0 aromatic heterocycles. The van der Waals surface area contributed by atoms with Crippen LogP contribution in [0.5, 0.6) is 0 Å². The molecular weight excluding hydrogens is 323 g/mol. The van der Waals surface area contributed by atoms with Gasteiger partial charge in [0.2, 0.25) is 0 Å². The van der Waals surface area contributed by atoms with Crippen LogP contribution < -0.4 is 10.6 Å². The lowest BCUT2D eigenvalue weighted by Crippen LogP contribution is -2.44. The second kappa shape index (κ2) is 7.70. The van der Waals surface area contributed by atoms with Gasteiger partial charge in [-0.3, -0.25) is 4.79 Å². The molecule has 0 saturated carbocycles. The van der Waals surface area contributed by atoms with Crippen LogP contribution in [0.1, 0.15) is 6.42 Å². The maximum Gasteiger partial charge on any atom is 0.326 e. The van der Waals surface area contributed by atoms with Crippen LogP contribution in [0.3, 0.4) is 0 Å². The molecule has 1 atom stereocenters. The van der Waals surface area contributed by atoms with Crippen molar-refractivity contribution in [2.45, 2.75) is 12.5 Å². The fourth-order valence-electron chi connectivity index (χ4n) is 1.36. The second-order valence-corrected chi connectivity index (χ2v) is 4.74. The number of hydrogen-bond donors (Lipinski definition) is 3. The van der Waals surface area contributed by atoms with Crippen LogP contribution in [-0.2, 0) is 14.3 Å². The number of carboxylic acids is 1. The van der Waals surface area contributed by atoms with Gasteiger partial charge in [-0.05, 0) is 18.2 Å². The van der Waals surface area contributed by atoms with Gasteiger partial charge >= 0.3 is 18.0 Å². The molecule has 21 heavy (non-hydrogen) atoms. The molecule has 1 aromatic carbocycles. The molecule has 0 radical (unpaired) electrons. The molecule has 0 aliphatic carbocycles. The van der Waals surface area contributed by atoms with Crippen molar-refractivity contribution in [1.82, 2.24) is 5.32 Å². The Kier molecular flexibility index (Phi) is 6.26. The number of esters is 1. The van der Waals surface area contributed by atoms with Crippen molar-refractivity contribution < 1.29 is 24.2 Å². The molecule has 0 bridgehead atoms. The number of nitrogens with one attached hydrogen (secondary N) is 2. The summed E-state index contributed by atoms with van der Waals surface area (Å²) in [5, 5.41) is 14.0. The third-order valence-electron chi connectivity index (χ3n) is 2.38. The lowest BCUT2D eigenvalue weighted by atomic mass is 10.2. The number of methoxy groups -OCH3 is 1. The van der Waals surface area contributed by atoms with E-state index in [-0.39, 0.29) is 10.7 Å². The zero-order valence-corrected chi connectivity index (χ0v) is 12.4. The number of benzene rings is 1. The third kappa shape index (κ3) is 5.49. The standard InChI is InChI=1S/C12H12Cl2N2O5/c1-21-10(17)5-9(11(18)19)16-12(20)15-8-4-6(13)2-3-7(8)14/h2-4,9H,5H2,1H3,(H,18,19)(H2,15,16,20)/t9-/m0/s1. The Morgan fingerprint density at radius 1 is 1.33 bits per heavy atom. The Morgan fingerprint density at radius 3 is 2.57 bits per heavy atom. The van der Waals surface area contributed by atoms with Crippen LogP contribution in [0, 0.1) is 0 Å². The van der Waals surface area contributed by atoms with E-state index in [4.69, 9.17) is 28.3 Å². The summed E-state index contributed by atoms with van der Waals surface area (Å²) in [7, 11) is 1.12. The highest BCUT2D eigenvalue weighted by Crippen LogP contribution is 2.25. The molecular formula is C12H12Cl2N2O5. The van der Waals surface area contributed by atoms with Gasteiger partial charge in [-0.2, -0.15) is 0 Å². The van der Waals surface area contributed by atoms with Crippen LogP contribution in [-0.4, -0.2) is 36.2 Å². The molecule has 1 rings (SSSR count). The Balaban J connectivity index is 2.72. The summed E-state index contributed by atoms with van der Waals surface area (Å²) < 4.78 is 4.35. The van der Waals surface area contributed by atoms with Crippen molar-refractivity contribution in [2.75, 3.05) is 12.4 Å². The van der Waals surface area contributed by atoms with Crippen LogP contribution in [0.25, 0.3) is 0 Å². The van der Waals surface area contributed by atoms with E-state index in [2.05, 4.69) is 15.4 Å². The van der Waals surface area contributed by atoms with Crippen molar-refractivity contribution in [3.63, 3.8) is 0 Å². The number of aliphatic carboxylic acids is 1. The lowest BCUT2D eigenvalue weighted by Gasteiger charge is -2.14. The highest BCUT2D eigenvalue weighted by Gasteiger charge is 2.24. The molecule has 114 valence electrons. The maximum atomic E-state index is 11.7. The molecule has 0 saturated heterocycles. The summed E-state index contributed by atoms with van der Waals surface area (Å²) in [6.07, 6.45) is -0.497. The Morgan fingerprint density at radius 2 is 2.00 bits per heavy atom. The van der Waals surface area contributed by atoms with Gasteiger partial charge in [0.05, 0.1) is 24.2 Å². The van der Waals surface area contributed by atoms with E-state index >= 15 is 0 Å². The molecule has 0 heterocycles. The van der Waals surface area contributed by atoms with E-state index in [1.807, 2.05) is 0 Å². The van der Waals surface area contributed by atoms with Gasteiger partial charge in [0.25, 0.3) is 0 Å². The van der Waals surface area contributed by atoms with Gasteiger partial charge in [-0.1, -0.05) is 23.2 Å². The molecule has 7 nitrogen and oxygen atoms in total. The van der Waals surface area contributed by atoms with E-state index in [1.54, 1.807) is 0 Å². The molecule has 0 aliphatic heterocycles. The number of urea groups is 1. The van der Waals surface area contributed by atoms with Gasteiger partial charge in [0.15, 0.2) is 0 Å². The van der Waals surface area contributed by atoms with Crippen molar-refractivity contribution >= 4 is 46.9 Å². The molecule has 0 unspecified atom stereocenters. The van der Waals surface area contributed by atoms with Gasteiger partial charge in [-0.15, -0.1) is 0 Å². The first-order valence-electron chi connectivity index (χ1n) is 5.65. The maximum absolute atomic E-state index is 11.7. The Hall–Kier alpha value is -1.99. The fourth-order valence-corrected chi connectivity index (χ4v) is 1.70. The first-order valence-corrected chi connectivity index (χ1v) is 6.41. The van der Waals surface area contributed by atoms with Crippen molar-refractivity contribution in [3.05, 3.63) is 28.2 Å². The largest absolute Gasteiger partial charge is 0.480 e. The second-order valence-electron chi connectivity index (χ2n) is 3.89. The highest BCUT2D eigenvalue weighted by atomic mass is 35.5. The molecule has 1 aromatic rings. The van der Waals surface area contributed by atoms with Gasteiger partial charge in [-0.25, -0.2) is 9.59 Å². The number of carboxylic acid groups (broad SMARTS) is 1. The first kappa shape index (κ1) is 17.1. The minimum atomic E-state index is -1.42. The average molecular weight is 335 g/mol. The van der Waals surface area contributed by atoms with Crippen LogP contribution in [0.15, 0.2) is 18.2 Å². The minimum Gasteiger partial charge on any atom is -0.480 e. The minimum absolute atomic E-state index is 0.212. The van der Waals surface area contributed by atoms with Crippen LogP contribution >= 0.6 is 23.2 Å². The fraction of sp³-hybridized carbons (Fsp3) is 0.250. The summed E-state index contributed by atoms with van der Waals surface area (Å²) in [6, 6.07) is 2.15. The molecule has 2 amide bonds. The number of hydrogen-bond acceptors (Lipinski definition) is 4. The summed E-state index contributed by atoms with van der Waals surface area (Å²) in [4.78, 5) is 33.8. The number of carbonyl (C=O) groups is 3. The zero-order chi connectivity index (χ0) is 16.0. The van der Waals surface area contributed by atoms with Crippen LogP contribution in [0.2, 0.25) is 10.0 Å². The van der Waals surface area contributed by atoms with Gasteiger partial charge in [0, 0.05) is 5.02 Å². The van der Waals surface area contributed by atoms with Gasteiger partial charge < -0.3 is 20.5 Å². The molecule has 9 heteroatoms. The quantitative estimate of drug-likeness (QED) is 0.715. The summed E-state index contributed by atoms with van der Waals surface area (Å²) in [6.45, 7) is 0. The van der Waals surface area contributed by atoms with Crippen molar-refractivity contribution in [3.8, 4) is 0 Å². The number of anilines is 1. The topological polar surface area (TPSA) is 105 Å². The smallest absolute Gasteiger partial charge is 0.326 e. The molecule has 0 aliphatic rings. The van der Waals surface area contributed by atoms with E-state index < -0.39 is 30.4 Å². The number of ether oxygens (including phenoxy) is 1.